The van der Waals surface area contributed by atoms with Crippen LogP contribution in [0.15, 0.2) is 307 Å². The SMILES string of the molecule is C1CCOC1.Nc1ccc(-n2ccccc2=O)cc1.Nc1ccc2ncccc2c1.O=C(Nc1ccc(-n2ccccc2=O)cc1)C(Nc1ccc2ncccc2c1)c1ccccc1.O=C(O)C(Br)c1ccccc1.O=C([O-])C(Nc1ccc2ncccc2c1)c1ccccc1.[Na+]. The third kappa shape index (κ3) is 21.7. The van der Waals surface area contributed by atoms with Crippen LogP contribution in [0, 0.1) is 0 Å². The molecular formula is C77H68BrN10NaO8. The van der Waals surface area contributed by atoms with Gasteiger partial charge in [0.2, 0.25) is 0 Å². The number of carbonyl (C=O) groups is 3. The van der Waals surface area contributed by atoms with Crippen molar-refractivity contribution in [1.82, 2.24) is 24.1 Å². The molecule has 97 heavy (non-hydrogen) atoms. The van der Waals surface area contributed by atoms with Gasteiger partial charge in [-0.3, -0.25) is 43.3 Å². The minimum absolute atomic E-state index is 0. The number of aliphatic carboxylic acids is 2. The number of nitrogens with two attached hydrogens (primary N) is 2. The predicted octanol–water partition coefficient (Wildman–Crippen LogP) is 10.6. The van der Waals surface area contributed by atoms with Crippen LogP contribution in [0.5, 0.6) is 0 Å². The second kappa shape index (κ2) is 37.1. The first kappa shape index (κ1) is 71.8. The molecule has 0 spiro atoms. The van der Waals surface area contributed by atoms with E-state index in [1.165, 1.54) is 25.0 Å². The minimum atomic E-state index is -1.16. The second-order valence-corrected chi connectivity index (χ2v) is 22.4. The Hall–Kier alpha value is -11.1. The molecule has 0 radical (unpaired) electrons. The Balaban J connectivity index is 0.000000163. The van der Waals surface area contributed by atoms with E-state index in [1.807, 2.05) is 164 Å². The smallest absolute Gasteiger partial charge is 0.548 e. The van der Waals surface area contributed by atoms with Gasteiger partial charge in [0.05, 0.1) is 28.6 Å². The molecule has 3 atom stereocenters. The molecule has 1 saturated heterocycles. The Kier molecular flexibility index (Phi) is 27.5. The largest absolute Gasteiger partial charge is 1.00 e. The number of fused-ring (bicyclic) bond motifs is 3. The van der Waals surface area contributed by atoms with Crippen molar-refractivity contribution in [2.75, 3.05) is 40.6 Å². The van der Waals surface area contributed by atoms with Gasteiger partial charge in [-0.05, 0) is 163 Å². The molecule has 1 amide bonds. The predicted molar refractivity (Wildman–Crippen MR) is 383 cm³/mol. The van der Waals surface area contributed by atoms with Gasteiger partial charge in [0.25, 0.3) is 17.0 Å². The van der Waals surface area contributed by atoms with Crippen molar-refractivity contribution in [3.05, 3.63) is 335 Å². The number of nitrogens with one attached hydrogen (secondary N) is 3. The van der Waals surface area contributed by atoms with E-state index in [-0.39, 0.29) is 46.6 Å². The number of ether oxygens (including phenoxy) is 1. The van der Waals surface area contributed by atoms with Gasteiger partial charge >= 0.3 is 35.5 Å². The number of carboxylic acids is 2. The number of hydrogen-bond acceptors (Lipinski definition) is 14. The number of benzene rings is 8. The molecule has 482 valence electrons. The van der Waals surface area contributed by atoms with Crippen molar-refractivity contribution in [2.24, 2.45) is 0 Å². The Morgan fingerprint density at radius 2 is 0.856 bits per heavy atom. The monoisotopic (exact) mass is 1360 g/mol. The molecule has 0 saturated carbocycles. The topological polar surface area (TPSA) is 275 Å². The summed E-state index contributed by atoms with van der Waals surface area (Å²) in [6, 6.07) is 79.2. The van der Waals surface area contributed by atoms with Crippen molar-refractivity contribution in [1.29, 1.82) is 0 Å². The molecule has 8 aromatic carbocycles. The van der Waals surface area contributed by atoms with Gasteiger partial charge in [0, 0.05) is 112 Å². The first-order valence-electron chi connectivity index (χ1n) is 30.5. The first-order valence-corrected chi connectivity index (χ1v) is 31.4. The van der Waals surface area contributed by atoms with E-state index >= 15 is 0 Å². The molecule has 1 aliphatic heterocycles. The zero-order valence-electron chi connectivity index (χ0n) is 52.9. The van der Waals surface area contributed by atoms with Crippen molar-refractivity contribution in [2.45, 2.75) is 29.8 Å². The molecule has 18 nitrogen and oxygen atoms in total. The normalized spacial score (nSPS) is 11.9. The summed E-state index contributed by atoms with van der Waals surface area (Å²) < 4.78 is 8.06. The van der Waals surface area contributed by atoms with E-state index in [0.717, 1.165) is 79.8 Å². The summed E-state index contributed by atoms with van der Waals surface area (Å²) >= 11 is 3.05. The number of carboxylic acid groups (broad SMARTS) is 2. The van der Waals surface area contributed by atoms with Crippen LogP contribution in [0.25, 0.3) is 44.1 Å². The number of aromatic nitrogens is 5. The summed E-state index contributed by atoms with van der Waals surface area (Å²) in [5, 5.41) is 32.4. The first-order chi connectivity index (χ1) is 46.8. The number of pyridine rings is 5. The van der Waals surface area contributed by atoms with Crippen molar-refractivity contribution < 1.29 is 58.9 Å². The number of nitrogens with zero attached hydrogens (tertiary/aromatic N) is 5. The van der Waals surface area contributed by atoms with Crippen LogP contribution >= 0.6 is 15.9 Å². The molecule has 1 fully saturated rings. The summed E-state index contributed by atoms with van der Waals surface area (Å²) in [6.07, 6.45) is 11.3. The molecule has 3 unspecified atom stereocenters. The molecule has 1 aliphatic rings. The van der Waals surface area contributed by atoms with E-state index in [9.17, 15) is 29.1 Å². The standard InChI is InChI=1S/C28H22N4O2.C17H14N2O2.C11H10N2O.C9H8N2.C8H7BrO2.C4H8O.Na/c33-26-10-4-5-18-32(26)24-14-11-22(12-15-24)31-28(34)27(20-7-2-1-3-8-20)30-23-13-16-25-21(19-23)9-6-17-29-25;20-17(21)16(12-5-2-1-3-6-12)19-14-8-9-15-13(11-14)7-4-10-18-15;12-9-4-6-10(7-5-9)13-8-2-1-3-11(13)14;10-8-3-4-9-7(6-8)2-1-5-11-9;9-7(8(10)11)6-4-2-1-3-5-6;1-2-4-5-3-1;/h1-19,27,30H,(H,31,34);1-11,16,19H,(H,20,21);1-8H,12H2;1-6H,10H2;1-5,7H,(H,10,11);1-4H2;/q;;;;;;+1/p-1. The Bertz CT molecular complexity index is 4760. The summed E-state index contributed by atoms with van der Waals surface area (Å²) in [6.45, 7) is 2.00. The fraction of sp³-hybridized carbons (Fsp3) is 0.0909. The maximum absolute atomic E-state index is 13.3. The van der Waals surface area contributed by atoms with Gasteiger partial charge in [0.15, 0.2) is 0 Å². The van der Waals surface area contributed by atoms with Crippen LogP contribution in [0.2, 0.25) is 0 Å². The number of rotatable bonds is 13. The third-order valence-corrected chi connectivity index (χ3v) is 15.5. The van der Waals surface area contributed by atoms with Gasteiger partial charge in [-0.15, -0.1) is 0 Å². The van der Waals surface area contributed by atoms with E-state index < -0.39 is 28.8 Å². The molecule has 8 N–H and O–H groups in total. The van der Waals surface area contributed by atoms with Crippen molar-refractivity contribution >= 4 is 94.9 Å². The quantitative estimate of drug-likeness (QED) is 0.0356. The fourth-order valence-electron chi connectivity index (χ4n) is 9.74. The van der Waals surface area contributed by atoms with Crippen LogP contribution in [-0.2, 0) is 19.1 Å². The molecule has 6 heterocycles. The van der Waals surface area contributed by atoms with Crippen LogP contribution in [-0.4, -0.2) is 60.3 Å². The minimum Gasteiger partial charge on any atom is -0.548 e. The van der Waals surface area contributed by atoms with Gasteiger partial charge in [-0.25, -0.2) is 0 Å². The summed E-state index contributed by atoms with van der Waals surface area (Å²) in [5.74, 6) is -2.22. The Labute approximate surface area is 590 Å². The van der Waals surface area contributed by atoms with E-state index in [4.69, 9.17) is 21.3 Å². The number of carbonyl (C=O) groups excluding carboxylic acids is 2. The molecule has 14 rings (SSSR count). The van der Waals surface area contributed by atoms with E-state index in [1.54, 1.807) is 131 Å². The average molecular weight is 1360 g/mol. The fourth-order valence-corrected chi connectivity index (χ4v) is 10.0. The number of anilines is 5. The molecule has 13 aromatic rings. The molecule has 5 aromatic heterocycles. The van der Waals surface area contributed by atoms with Gasteiger partial charge in [-0.2, -0.15) is 0 Å². The summed E-state index contributed by atoms with van der Waals surface area (Å²) in [5.41, 5.74) is 21.2. The van der Waals surface area contributed by atoms with Crippen molar-refractivity contribution in [3.63, 3.8) is 0 Å². The van der Waals surface area contributed by atoms with Crippen molar-refractivity contribution in [3.8, 4) is 11.4 Å². The average Bonchev–Trinajstić information content (AvgIpc) is 1.09. The number of alkyl halides is 1. The van der Waals surface area contributed by atoms with E-state index in [0.29, 0.717) is 22.6 Å². The Morgan fingerprint density at radius 3 is 1.29 bits per heavy atom. The summed E-state index contributed by atoms with van der Waals surface area (Å²) in [7, 11) is 0. The number of nitrogen functional groups attached to an aromatic ring is 2. The number of halogens is 1. The van der Waals surface area contributed by atoms with Crippen LogP contribution < -0.4 is 73.2 Å². The summed E-state index contributed by atoms with van der Waals surface area (Å²) in [4.78, 5) is 70.9. The number of amides is 1. The third-order valence-electron chi connectivity index (χ3n) is 14.6. The maximum atomic E-state index is 13.3. The molecular weight excluding hydrogens is 1300 g/mol. The van der Waals surface area contributed by atoms with E-state index in [2.05, 4.69) is 46.8 Å². The van der Waals surface area contributed by atoms with Gasteiger partial charge in [-0.1, -0.05) is 137 Å². The molecule has 20 heteroatoms. The van der Waals surface area contributed by atoms with Gasteiger partial charge in [0.1, 0.15) is 10.9 Å². The van der Waals surface area contributed by atoms with Crippen LogP contribution in [0.1, 0.15) is 46.4 Å². The maximum Gasteiger partial charge on any atom is 1.00 e. The van der Waals surface area contributed by atoms with Crippen LogP contribution in [0.4, 0.5) is 28.4 Å². The number of hydrogen-bond donors (Lipinski definition) is 6. The molecule has 0 aliphatic carbocycles. The van der Waals surface area contributed by atoms with Crippen LogP contribution in [0.3, 0.4) is 0 Å². The van der Waals surface area contributed by atoms with Gasteiger partial charge < -0.3 is 47.2 Å². The zero-order chi connectivity index (χ0) is 67.4. The Morgan fingerprint density at radius 1 is 0.464 bits per heavy atom. The zero-order valence-corrected chi connectivity index (χ0v) is 56.5. The molecule has 0 bridgehead atoms. The second-order valence-electron chi connectivity index (χ2n) is 21.4.